The molecule has 2 rings (SSSR count). The van der Waals surface area contributed by atoms with Crippen molar-refractivity contribution in [3.8, 4) is 5.75 Å². The Morgan fingerprint density at radius 2 is 2.05 bits per heavy atom. The molecule has 0 N–H and O–H groups in total. The minimum atomic E-state index is -0.609. The van der Waals surface area contributed by atoms with E-state index in [0.717, 1.165) is 19.3 Å². The Balaban J connectivity index is 2.14. The number of ketones is 1. The summed E-state index contributed by atoms with van der Waals surface area (Å²) in [7, 11) is 1.33. The van der Waals surface area contributed by atoms with Crippen LogP contribution in [0.25, 0.3) is 0 Å². The summed E-state index contributed by atoms with van der Waals surface area (Å²) in [4.78, 5) is 22.6. The Hall–Kier alpha value is -1.91. The molecule has 0 bridgehead atoms. The Kier molecular flexibility index (Phi) is 4.06. The van der Waals surface area contributed by atoms with Crippen LogP contribution in [0.3, 0.4) is 0 Å². The van der Waals surface area contributed by atoms with Crippen LogP contribution in [0.2, 0.25) is 0 Å². The summed E-state index contributed by atoms with van der Waals surface area (Å²) in [6.07, 6.45) is 2.58. The summed E-state index contributed by atoms with van der Waals surface area (Å²) in [5, 5.41) is 0. The second-order valence-electron chi connectivity index (χ2n) is 5.09. The van der Waals surface area contributed by atoms with Gasteiger partial charge in [-0.15, -0.1) is 0 Å². The maximum Gasteiger partial charge on any atom is 0.309 e. The number of methoxy groups -OCH3 is 1. The molecule has 1 fully saturated rings. The predicted molar refractivity (Wildman–Crippen MR) is 70.2 cm³/mol. The van der Waals surface area contributed by atoms with E-state index in [2.05, 4.69) is 4.74 Å². The average Bonchev–Trinajstić information content (AvgIpc) is 2.35. The van der Waals surface area contributed by atoms with E-state index < -0.39 is 11.4 Å². The third-order valence-electron chi connectivity index (χ3n) is 3.61. The first-order chi connectivity index (χ1) is 9.46. The van der Waals surface area contributed by atoms with Gasteiger partial charge in [-0.25, -0.2) is 4.39 Å². The molecule has 108 valence electrons. The topological polar surface area (TPSA) is 52.6 Å². The first-order valence-corrected chi connectivity index (χ1v) is 6.52. The number of carbonyl (C=O) groups excluding carboxylic acids is 2. The standard InChI is InChI=1S/C15H17FO4/c1-10(17)12-5-4-11(8-13(12)16)20-15(6-3-7-15)9-14(18)19-2/h4-5,8H,3,6-7,9H2,1-2H3. The van der Waals surface area contributed by atoms with Crippen LogP contribution < -0.4 is 4.74 Å². The van der Waals surface area contributed by atoms with Gasteiger partial charge in [-0.1, -0.05) is 0 Å². The fourth-order valence-electron chi connectivity index (χ4n) is 2.32. The highest BCUT2D eigenvalue weighted by Gasteiger charge is 2.42. The van der Waals surface area contributed by atoms with Crippen LogP contribution in [0.4, 0.5) is 4.39 Å². The van der Waals surface area contributed by atoms with E-state index in [1.165, 1.54) is 26.2 Å². The number of halogens is 1. The van der Waals surface area contributed by atoms with Crippen molar-refractivity contribution in [2.75, 3.05) is 7.11 Å². The fraction of sp³-hybridized carbons (Fsp3) is 0.467. The van der Waals surface area contributed by atoms with Crippen LogP contribution in [0.15, 0.2) is 18.2 Å². The molecule has 0 saturated heterocycles. The minimum absolute atomic E-state index is 0.0352. The number of ether oxygens (including phenoxy) is 2. The van der Waals surface area contributed by atoms with E-state index in [0.29, 0.717) is 5.75 Å². The Morgan fingerprint density at radius 3 is 2.50 bits per heavy atom. The Morgan fingerprint density at radius 1 is 1.35 bits per heavy atom. The summed E-state index contributed by atoms with van der Waals surface area (Å²) in [6, 6.07) is 4.14. The number of hydrogen-bond acceptors (Lipinski definition) is 4. The third-order valence-corrected chi connectivity index (χ3v) is 3.61. The fourth-order valence-corrected chi connectivity index (χ4v) is 2.32. The van der Waals surface area contributed by atoms with E-state index in [-0.39, 0.29) is 23.7 Å². The maximum atomic E-state index is 13.7. The molecule has 1 aliphatic rings. The molecular weight excluding hydrogens is 263 g/mol. The zero-order valence-electron chi connectivity index (χ0n) is 11.6. The maximum absolute atomic E-state index is 13.7. The predicted octanol–water partition coefficient (Wildman–Crippen LogP) is 2.89. The number of carbonyl (C=O) groups is 2. The van der Waals surface area contributed by atoms with Gasteiger partial charge in [0.05, 0.1) is 19.1 Å². The van der Waals surface area contributed by atoms with E-state index in [4.69, 9.17) is 4.74 Å². The molecule has 1 aromatic carbocycles. The van der Waals surface area contributed by atoms with Gasteiger partial charge >= 0.3 is 5.97 Å². The normalized spacial score (nSPS) is 16.1. The number of hydrogen-bond donors (Lipinski definition) is 0. The highest BCUT2D eigenvalue weighted by Crippen LogP contribution is 2.39. The smallest absolute Gasteiger partial charge is 0.309 e. The molecule has 0 spiro atoms. The van der Waals surface area contributed by atoms with E-state index in [1.807, 2.05) is 0 Å². The van der Waals surface area contributed by atoms with E-state index >= 15 is 0 Å². The van der Waals surface area contributed by atoms with Crippen molar-refractivity contribution < 1.29 is 23.5 Å². The summed E-state index contributed by atoms with van der Waals surface area (Å²) >= 11 is 0. The molecule has 1 aromatic rings. The molecule has 0 radical (unpaired) electrons. The average molecular weight is 280 g/mol. The first-order valence-electron chi connectivity index (χ1n) is 6.52. The van der Waals surface area contributed by atoms with Crippen molar-refractivity contribution in [2.45, 2.75) is 38.2 Å². The lowest BCUT2D eigenvalue weighted by Gasteiger charge is -2.41. The van der Waals surface area contributed by atoms with Crippen LogP contribution in [-0.4, -0.2) is 24.5 Å². The van der Waals surface area contributed by atoms with Crippen LogP contribution in [-0.2, 0) is 9.53 Å². The summed E-state index contributed by atoms with van der Waals surface area (Å²) in [5.41, 5.74) is -0.565. The van der Waals surface area contributed by atoms with Crippen LogP contribution in [0.5, 0.6) is 5.75 Å². The second-order valence-corrected chi connectivity index (χ2v) is 5.09. The molecule has 0 amide bonds. The Labute approximate surface area is 116 Å². The highest BCUT2D eigenvalue weighted by molar-refractivity contribution is 5.94. The van der Waals surface area contributed by atoms with Gasteiger partial charge in [0, 0.05) is 6.07 Å². The largest absolute Gasteiger partial charge is 0.487 e. The van der Waals surface area contributed by atoms with Crippen molar-refractivity contribution >= 4 is 11.8 Å². The zero-order valence-corrected chi connectivity index (χ0v) is 11.6. The van der Waals surface area contributed by atoms with E-state index in [9.17, 15) is 14.0 Å². The molecular formula is C15H17FO4. The van der Waals surface area contributed by atoms with Gasteiger partial charge in [0.2, 0.25) is 0 Å². The van der Waals surface area contributed by atoms with Gasteiger partial charge in [0.25, 0.3) is 0 Å². The third kappa shape index (κ3) is 2.98. The molecule has 0 unspecified atom stereocenters. The lowest BCUT2D eigenvalue weighted by atomic mass is 9.77. The van der Waals surface area contributed by atoms with Gasteiger partial charge in [-0.2, -0.15) is 0 Å². The molecule has 0 atom stereocenters. The first kappa shape index (κ1) is 14.5. The molecule has 1 aliphatic carbocycles. The summed E-state index contributed by atoms with van der Waals surface area (Å²) in [6.45, 7) is 1.31. The van der Waals surface area contributed by atoms with Crippen LogP contribution >= 0.6 is 0 Å². The van der Waals surface area contributed by atoms with Crippen molar-refractivity contribution in [3.63, 3.8) is 0 Å². The summed E-state index contributed by atoms with van der Waals surface area (Å²) in [5.74, 6) is -0.953. The SMILES string of the molecule is COC(=O)CC1(Oc2ccc(C(C)=O)c(F)c2)CCC1. The minimum Gasteiger partial charge on any atom is -0.487 e. The number of Topliss-reactive ketones (excluding diaryl/α,β-unsaturated/α-hetero) is 1. The van der Waals surface area contributed by atoms with Crippen molar-refractivity contribution in [1.82, 2.24) is 0 Å². The highest BCUT2D eigenvalue weighted by atomic mass is 19.1. The second kappa shape index (κ2) is 5.61. The van der Waals surface area contributed by atoms with E-state index in [1.54, 1.807) is 6.07 Å². The van der Waals surface area contributed by atoms with Gasteiger partial charge in [-0.3, -0.25) is 9.59 Å². The molecule has 0 aromatic heterocycles. The number of esters is 1. The lowest BCUT2D eigenvalue weighted by molar-refractivity contribution is -0.148. The van der Waals surface area contributed by atoms with Crippen molar-refractivity contribution in [3.05, 3.63) is 29.6 Å². The van der Waals surface area contributed by atoms with Gasteiger partial charge < -0.3 is 9.47 Å². The molecule has 0 heterocycles. The Bertz CT molecular complexity index is 535. The molecule has 5 heteroatoms. The van der Waals surface area contributed by atoms with Gasteiger partial charge in [0.1, 0.15) is 17.2 Å². The quantitative estimate of drug-likeness (QED) is 0.614. The molecule has 0 aliphatic heterocycles. The van der Waals surface area contributed by atoms with Gasteiger partial charge in [0.15, 0.2) is 5.78 Å². The van der Waals surface area contributed by atoms with Gasteiger partial charge in [-0.05, 0) is 38.3 Å². The lowest BCUT2D eigenvalue weighted by Crippen LogP contribution is -2.45. The number of rotatable bonds is 5. The number of benzene rings is 1. The molecule has 1 saturated carbocycles. The van der Waals surface area contributed by atoms with Crippen molar-refractivity contribution in [2.24, 2.45) is 0 Å². The molecule has 4 nitrogen and oxygen atoms in total. The molecule has 20 heavy (non-hydrogen) atoms. The summed E-state index contributed by atoms with van der Waals surface area (Å²) < 4.78 is 24.2. The van der Waals surface area contributed by atoms with Crippen molar-refractivity contribution in [1.29, 1.82) is 0 Å². The van der Waals surface area contributed by atoms with Crippen LogP contribution in [0, 0.1) is 5.82 Å². The zero-order chi connectivity index (χ0) is 14.8. The van der Waals surface area contributed by atoms with Crippen LogP contribution in [0.1, 0.15) is 43.0 Å². The monoisotopic (exact) mass is 280 g/mol.